The highest BCUT2D eigenvalue weighted by Gasteiger charge is 1.85. The van der Waals surface area contributed by atoms with Crippen molar-refractivity contribution in [2.45, 2.75) is 48.0 Å². The maximum atomic E-state index is 4.50. The molecule has 0 heterocycles. The molecule has 0 saturated carbocycles. The Morgan fingerprint density at radius 2 is 0.789 bits per heavy atom. The second-order valence-corrected chi connectivity index (χ2v) is 3.05. The molecule has 2 aromatic rings. The van der Waals surface area contributed by atoms with E-state index in [0.717, 1.165) is 0 Å². The van der Waals surface area contributed by atoms with Gasteiger partial charge in [-0.3, -0.25) is 0 Å². The van der Waals surface area contributed by atoms with E-state index in [-0.39, 0.29) is 0 Å². The van der Waals surface area contributed by atoms with E-state index in [2.05, 4.69) is 68.1 Å². The van der Waals surface area contributed by atoms with E-state index in [1.54, 1.807) is 0 Å². The average Bonchev–Trinajstić information content (AvgIpc) is 2.54. The fourth-order valence-corrected chi connectivity index (χ4v) is 1.13. The lowest BCUT2D eigenvalue weighted by atomic mass is 10.1. The Morgan fingerprint density at radius 1 is 0.632 bits per heavy atom. The van der Waals surface area contributed by atoms with E-state index in [9.17, 15) is 0 Å². The van der Waals surface area contributed by atoms with E-state index in [0.29, 0.717) is 0 Å². The van der Waals surface area contributed by atoms with Gasteiger partial charge in [0, 0.05) is 0 Å². The van der Waals surface area contributed by atoms with Crippen molar-refractivity contribution >= 4 is 10.8 Å². The Hall–Kier alpha value is -1.34. The van der Waals surface area contributed by atoms with Gasteiger partial charge in [0.2, 0.25) is 0 Å². The Labute approximate surface area is 120 Å². The monoisotopic (exact) mass is 263 g/mol. The van der Waals surface area contributed by atoms with Crippen LogP contribution in [0.2, 0.25) is 0 Å². The number of hydrogen-bond acceptors (Lipinski definition) is 1. The third-order valence-electron chi connectivity index (χ3n) is 1.66. The summed E-state index contributed by atoms with van der Waals surface area (Å²) in [7, 11) is 1.50. The highest BCUT2D eigenvalue weighted by molar-refractivity contribution is 5.81. The van der Waals surface area contributed by atoms with Gasteiger partial charge in [0.1, 0.15) is 0 Å². The zero-order valence-corrected chi connectivity index (χ0v) is 13.9. The summed E-state index contributed by atoms with van der Waals surface area (Å²) >= 11 is 0. The van der Waals surface area contributed by atoms with Crippen molar-refractivity contribution in [2.75, 3.05) is 7.05 Å². The lowest BCUT2D eigenvalue weighted by Gasteiger charge is -1.92. The first kappa shape index (κ1) is 22.8. The zero-order chi connectivity index (χ0) is 15.5. The molecule has 1 heteroatoms. The van der Waals surface area contributed by atoms with Gasteiger partial charge in [-0.2, -0.15) is 0 Å². The number of benzene rings is 2. The van der Waals surface area contributed by atoms with Crippen LogP contribution >= 0.6 is 0 Å². The van der Waals surface area contributed by atoms with Gasteiger partial charge in [-0.1, -0.05) is 96.5 Å². The minimum atomic E-state index is 1.25. The molecule has 0 spiro atoms. The third-order valence-corrected chi connectivity index (χ3v) is 1.66. The highest BCUT2D eigenvalue weighted by Crippen LogP contribution is 2.11. The number of fused-ring (bicyclic) bond motifs is 1. The van der Waals surface area contributed by atoms with Crippen molar-refractivity contribution in [3.05, 3.63) is 48.5 Å². The summed E-state index contributed by atoms with van der Waals surface area (Å²) in [5.74, 6) is 0. The molecule has 0 atom stereocenters. The predicted octanol–water partition coefficient (Wildman–Crippen LogP) is 5.88. The quantitative estimate of drug-likeness (QED) is 0.630. The first-order valence-electron chi connectivity index (χ1n) is 7.40. The molecule has 0 saturated heterocycles. The van der Waals surface area contributed by atoms with Crippen molar-refractivity contribution in [1.82, 2.24) is 0 Å². The minimum absolute atomic E-state index is 1.25. The van der Waals surface area contributed by atoms with E-state index in [1.165, 1.54) is 24.2 Å². The Bertz CT molecular complexity index is 290. The van der Waals surface area contributed by atoms with E-state index in [1.807, 2.05) is 27.7 Å². The van der Waals surface area contributed by atoms with Gasteiger partial charge in [-0.05, 0) is 17.8 Å². The number of hydrogen-bond donors (Lipinski definition) is 1. The van der Waals surface area contributed by atoms with Gasteiger partial charge < -0.3 is 5.73 Å². The number of nitrogens with two attached hydrogens (primary N) is 1. The summed E-state index contributed by atoms with van der Waals surface area (Å²) in [5, 5.41) is 2.62. The Morgan fingerprint density at radius 3 is 0.947 bits per heavy atom. The van der Waals surface area contributed by atoms with Gasteiger partial charge in [-0.15, -0.1) is 0 Å². The van der Waals surface area contributed by atoms with Gasteiger partial charge in [0.05, 0.1) is 0 Å². The molecule has 0 fully saturated rings. The van der Waals surface area contributed by atoms with Crippen molar-refractivity contribution < 1.29 is 0 Å². The summed E-state index contributed by atoms with van der Waals surface area (Å²) in [6.45, 7) is 12.2. The highest BCUT2D eigenvalue weighted by atomic mass is 14.4. The SMILES string of the molecule is CC.CC.CCC.CN.c1ccc2ccccc2c1. The molecule has 0 unspecified atom stereocenters. The summed E-state index contributed by atoms with van der Waals surface area (Å²) in [5.41, 5.74) is 4.50. The molecule has 110 valence electrons. The first-order chi connectivity index (χ1) is 9.38. The van der Waals surface area contributed by atoms with Gasteiger partial charge in [0.15, 0.2) is 0 Å². The molecular weight excluding hydrogens is 230 g/mol. The second-order valence-electron chi connectivity index (χ2n) is 3.05. The number of rotatable bonds is 0. The van der Waals surface area contributed by atoms with Gasteiger partial charge in [-0.25, -0.2) is 0 Å². The predicted molar refractivity (Wildman–Crippen MR) is 92.7 cm³/mol. The minimum Gasteiger partial charge on any atom is -0.333 e. The normalized spacial score (nSPS) is 7.16. The summed E-state index contributed by atoms with van der Waals surface area (Å²) < 4.78 is 0. The molecule has 2 aromatic carbocycles. The Kier molecular flexibility index (Phi) is 26.3. The molecular formula is C18H33N. The summed E-state index contributed by atoms with van der Waals surface area (Å²) in [6, 6.07) is 16.7. The van der Waals surface area contributed by atoms with E-state index < -0.39 is 0 Å². The lowest BCUT2D eigenvalue weighted by Crippen LogP contribution is -1.69. The van der Waals surface area contributed by atoms with Gasteiger partial charge >= 0.3 is 0 Å². The van der Waals surface area contributed by atoms with Crippen LogP contribution in [0.3, 0.4) is 0 Å². The van der Waals surface area contributed by atoms with E-state index in [4.69, 9.17) is 0 Å². The van der Waals surface area contributed by atoms with Crippen LogP contribution in [0.1, 0.15) is 48.0 Å². The first-order valence-corrected chi connectivity index (χ1v) is 7.40. The third kappa shape index (κ3) is 12.9. The standard InChI is InChI=1S/C10H8.C3H8.2C2H6.CH5N/c1-2-6-10-8-4-3-7-9(10)5-1;1-3-2;3*1-2/h1-8H;3H2,1-2H3;2*1-2H3;2H2,1H3. The topological polar surface area (TPSA) is 26.0 Å². The molecule has 0 aliphatic heterocycles. The molecule has 0 aliphatic rings. The van der Waals surface area contributed by atoms with Crippen LogP contribution in [0.5, 0.6) is 0 Å². The maximum absolute atomic E-state index is 4.50. The molecule has 0 bridgehead atoms. The summed E-state index contributed by atoms with van der Waals surface area (Å²) in [6.07, 6.45) is 1.25. The lowest BCUT2D eigenvalue weighted by molar-refractivity contribution is 1.09. The van der Waals surface area contributed by atoms with E-state index >= 15 is 0 Å². The van der Waals surface area contributed by atoms with Crippen molar-refractivity contribution in [3.8, 4) is 0 Å². The van der Waals surface area contributed by atoms with Crippen molar-refractivity contribution in [2.24, 2.45) is 5.73 Å². The van der Waals surface area contributed by atoms with Crippen LogP contribution in [0, 0.1) is 0 Å². The van der Waals surface area contributed by atoms with Crippen molar-refractivity contribution in [1.29, 1.82) is 0 Å². The molecule has 2 rings (SSSR count). The van der Waals surface area contributed by atoms with Crippen LogP contribution in [-0.4, -0.2) is 7.05 Å². The summed E-state index contributed by atoms with van der Waals surface area (Å²) in [4.78, 5) is 0. The Balaban J connectivity index is -0.000000244. The molecule has 2 N–H and O–H groups in total. The van der Waals surface area contributed by atoms with Gasteiger partial charge in [0.25, 0.3) is 0 Å². The van der Waals surface area contributed by atoms with Crippen LogP contribution in [0.15, 0.2) is 48.5 Å². The molecule has 19 heavy (non-hydrogen) atoms. The van der Waals surface area contributed by atoms with Crippen LogP contribution < -0.4 is 5.73 Å². The molecule has 0 amide bonds. The smallest absolute Gasteiger partial charge is 0.0184 e. The molecule has 1 nitrogen and oxygen atoms in total. The average molecular weight is 263 g/mol. The molecule has 0 radical (unpaired) electrons. The molecule has 0 aromatic heterocycles. The fraction of sp³-hybridized carbons (Fsp3) is 0.444. The largest absolute Gasteiger partial charge is 0.333 e. The molecule has 0 aliphatic carbocycles. The van der Waals surface area contributed by atoms with Crippen LogP contribution in [0.4, 0.5) is 0 Å². The maximum Gasteiger partial charge on any atom is -0.0184 e. The fourth-order valence-electron chi connectivity index (χ4n) is 1.13. The second kappa shape index (κ2) is 21.9. The van der Waals surface area contributed by atoms with Crippen molar-refractivity contribution in [3.63, 3.8) is 0 Å². The zero-order valence-electron chi connectivity index (χ0n) is 13.9. The van der Waals surface area contributed by atoms with Crippen LogP contribution in [-0.2, 0) is 0 Å². The van der Waals surface area contributed by atoms with Crippen LogP contribution in [0.25, 0.3) is 10.8 Å².